The molecule has 0 radical (unpaired) electrons. The van der Waals surface area contributed by atoms with Gasteiger partial charge in [-0.05, 0) is 17.7 Å². The Morgan fingerprint density at radius 1 is 1.47 bits per heavy atom. The lowest BCUT2D eigenvalue weighted by atomic mass is 10.0. The van der Waals surface area contributed by atoms with Gasteiger partial charge in [-0.2, -0.15) is 0 Å². The monoisotopic (exact) mass is 243 g/mol. The molecule has 0 spiro atoms. The summed E-state index contributed by atoms with van der Waals surface area (Å²) in [5.41, 5.74) is 5.99. The zero-order chi connectivity index (χ0) is 13.0. The molecular weight excluding hydrogens is 229 g/mol. The van der Waals surface area contributed by atoms with E-state index in [9.17, 15) is 9.18 Å². The number of carboxylic acid groups (broad SMARTS) is 1. The predicted molar refractivity (Wildman–Crippen MR) is 58.7 cm³/mol. The quantitative estimate of drug-likeness (QED) is 0.815. The highest BCUT2D eigenvalue weighted by Gasteiger charge is 2.17. The molecule has 1 atom stereocenters. The van der Waals surface area contributed by atoms with Crippen LogP contribution in [0.5, 0.6) is 11.5 Å². The molecule has 1 rings (SSSR count). The Kier molecular flexibility index (Phi) is 4.28. The van der Waals surface area contributed by atoms with E-state index in [-0.39, 0.29) is 17.9 Å². The van der Waals surface area contributed by atoms with Crippen molar-refractivity contribution in [2.75, 3.05) is 14.2 Å². The fourth-order valence-electron chi connectivity index (χ4n) is 1.46. The molecule has 94 valence electrons. The van der Waals surface area contributed by atoms with Crippen molar-refractivity contribution in [1.29, 1.82) is 0 Å². The van der Waals surface area contributed by atoms with Crippen LogP contribution in [0, 0.1) is 5.82 Å². The van der Waals surface area contributed by atoms with Gasteiger partial charge in [-0.1, -0.05) is 0 Å². The summed E-state index contributed by atoms with van der Waals surface area (Å²) in [6.45, 7) is 0. The van der Waals surface area contributed by atoms with Gasteiger partial charge in [-0.15, -0.1) is 0 Å². The van der Waals surface area contributed by atoms with Crippen molar-refractivity contribution in [3.63, 3.8) is 0 Å². The fourth-order valence-corrected chi connectivity index (χ4v) is 1.46. The largest absolute Gasteiger partial charge is 0.493 e. The number of halogens is 1. The Morgan fingerprint density at radius 3 is 2.59 bits per heavy atom. The van der Waals surface area contributed by atoms with Gasteiger partial charge in [-0.25, -0.2) is 4.39 Å². The summed E-state index contributed by atoms with van der Waals surface area (Å²) in [5, 5.41) is 8.61. The van der Waals surface area contributed by atoms with Crippen molar-refractivity contribution in [3.8, 4) is 11.5 Å². The minimum Gasteiger partial charge on any atom is -0.493 e. The number of ether oxygens (including phenoxy) is 2. The number of nitrogens with two attached hydrogens (primary N) is 1. The van der Waals surface area contributed by atoms with Crippen molar-refractivity contribution in [2.45, 2.75) is 12.5 Å². The zero-order valence-corrected chi connectivity index (χ0v) is 9.57. The van der Waals surface area contributed by atoms with Crippen LogP contribution in [0.3, 0.4) is 0 Å². The van der Waals surface area contributed by atoms with Gasteiger partial charge in [0.2, 0.25) is 0 Å². The lowest BCUT2D eigenvalue weighted by Crippen LogP contribution is -2.15. The van der Waals surface area contributed by atoms with Crippen molar-refractivity contribution < 1.29 is 23.8 Å². The number of carbonyl (C=O) groups is 1. The second kappa shape index (κ2) is 5.49. The first kappa shape index (κ1) is 13.2. The number of hydrogen-bond acceptors (Lipinski definition) is 4. The zero-order valence-electron chi connectivity index (χ0n) is 9.57. The summed E-state index contributed by atoms with van der Waals surface area (Å²) in [6, 6.07) is 1.83. The summed E-state index contributed by atoms with van der Waals surface area (Å²) in [7, 11) is 2.68. The number of benzene rings is 1. The topological polar surface area (TPSA) is 81.8 Å². The van der Waals surface area contributed by atoms with E-state index in [1.165, 1.54) is 20.3 Å². The lowest BCUT2D eigenvalue weighted by Gasteiger charge is -2.14. The van der Waals surface area contributed by atoms with Crippen LogP contribution in [0.25, 0.3) is 0 Å². The normalized spacial score (nSPS) is 12.0. The Hall–Kier alpha value is -1.82. The van der Waals surface area contributed by atoms with Crippen LogP contribution in [-0.4, -0.2) is 25.3 Å². The van der Waals surface area contributed by atoms with Crippen LogP contribution in [-0.2, 0) is 4.79 Å². The molecule has 0 fully saturated rings. The van der Waals surface area contributed by atoms with Gasteiger partial charge in [0.05, 0.1) is 20.6 Å². The fraction of sp³-hybridized carbons (Fsp3) is 0.364. The first-order valence-electron chi connectivity index (χ1n) is 4.88. The first-order chi connectivity index (χ1) is 7.99. The van der Waals surface area contributed by atoms with E-state index in [1.807, 2.05) is 0 Å². The third-order valence-electron chi connectivity index (χ3n) is 2.28. The predicted octanol–water partition coefficient (Wildman–Crippen LogP) is 1.32. The van der Waals surface area contributed by atoms with Crippen LogP contribution in [0.1, 0.15) is 18.0 Å². The van der Waals surface area contributed by atoms with Crippen LogP contribution in [0.15, 0.2) is 12.1 Å². The minimum atomic E-state index is -1.05. The molecule has 0 heterocycles. The molecule has 3 N–H and O–H groups in total. The lowest BCUT2D eigenvalue weighted by molar-refractivity contribution is -0.137. The van der Waals surface area contributed by atoms with E-state index >= 15 is 0 Å². The van der Waals surface area contributed by atoms with Gasteiger partial charge < -0.3 is 20.3 Å². The molecule has 0 aliphatic heterocycles. The van der Waals surface area contributed by atoms with Crippen LogP contribution >= 0.6 is 0 Å². The Labute approximate surface area is 97.9 Å². The molecule has 6 heteroatoms. The van der Waals surface area contributed by atoms with E-state index in [0.29, 0.717) is 5.56 Å². The number of aliphatic carboxylic acids is 1. The highest BCUT2D eigenvalue weighted by atomic mass is 19.1. The van der Waals surface area contributed by atoms with Crippen LogP contribution in [0.4, 0.5) is 4.39 Å². The first-order valence-corrected chi connectivity index (χ1v) is 4.88. The molecule has 0 aliphatic rings. The van der Waals surface area contributed by atoms with Crippen LogP contribution < -0.4 is 15.2 Å². The molecule has 0 amide bonds. The molecule has 0 aliphatic carbocycles. The molecule has 0 aromatic heterocycles. The maximum atomic E-state index is 13.6. The molecule has 0 saturated heterocycles. The molecule has 1 aromatic rings. The minimum absolute atomic E-state index is 0.0289. The number of rotatable bonds is 5. The third kappa shape index (κ3) is 3.07. The molecular formula is C11H14FNO4. The van der Waals surface area contributed by atoms with Gasteiger partial charge >= 0.3 is 5.97 Å². The molecule has 1 aromatic carbocycles. The van der Waals surface area contributed by atoms with Gasteiger partial charge in [0.15, 0.2) is 17.3 Å². The molecule has 17 heavy (non-hydrogen) atoms. The summed E-state index contributed by atoms with van der Waals surface area (Å²) in [6.07, 6.45) is -0.283. The van der Waals surface area contributed by atoms with Gasteiger partial charge in [-0.3, -0.25) is 4.79 Å². The number of carboxylic acids is 1. The molecule has 1 unspecified atom stereocenters. The Morgan fingerprint density at radius 2 is 2.12 bits per heavy atom. The molecule has 5 nitrogen and oxygen atoms in total. The smallest absolute Gasteiger partial charge is 0.305 e. The third-order valence-corrected chi connectivity index (χ3v) is 2.28. The average molecular weight is 243 g/mol. The highest BCUT2D eigenvalue weighted by Crippen LogP contribution is 2.33. The van der Waals surface area contributed by atoms with E-state index < -0.39 is 17.8 Å². The Balaban J connectivity index is 3.10. The summed E-state index contributed by atoms with van der Waals surface area (Å²) >= 11 is 0. The van der Waals surface area contributed by atoms with E-state index in [0.717, 1.165) is 6.07 Å². The van der Waals surface area contributed by atoms with Gasteiger partial charge in [0.25, 0.3) is 0 Å². The molecule has 0 saturated carbocycles. The second-order valence-corrected chi connectivity index (χ2v) is 3.44. The van der Waals surface area contributed by atoms with Crippen molar-refractivity contribution >= 4 is 5.97 Å². The maximum absolute atomic E-state index is 13.6. The van der Waals surface area contributed by atoms with E-state index in [1.54, 1.807) is 0 Å². The van der Waals surface area contributed by atoms with Crippen molar-refractivity contribution in [3.05, 3.63) is 23.5 Å². The van der Waals surface area contributed by atoms with Crippen LogP contribution in [0.2, 0.25) is 0 Å². The maximum Gasteiger partial charge on any atom is 0.305 e. The van der Waals surface area contributed by atoms with Gasteiger partial charge in [0.1, 0.15) is 0 Å². The summed E-state index contributed by atoms with van der Waals surface area (Å²) in [4.78, 5) is 10.5. The number of hydrogen-bond donors (Lipinski definition) is 2. The summed E-state index contributed by atoms with van der Waals surface area (Å²) in [5.74, 6) is -1.53. The van der Waals surface area contributed by atoms with Gasteiger partial charge in [0, 0.05) is 6.04 Å². The highest BCUT2D eigenvalue weighted by molar-refractivity contribution is 5.68. The average Bonchev–Trinajstić information content (AvgIpc) is 2.26. The number of methoxy groups -OCH3 is 2. The Bertz CT molecular complexity index is 422. The van der Waals surface area contributed by atoms with E-state index in [4.69, 9.17) is 20.3 Å². The SMILES string of the molecule is COc1cc(C(N)CC(=O)O)cc(F)c1OC. The van der Waals surface area contributed by atoms with Crippen molar-refractivity contribution in [2.24, 2.45) is 5.73 Å². The summed E-state index contributed by atoms with van der Waals surface area (Å²) < 4.78 is 23.4. The van der Waals surface area contributed by atoms with E-state index in [2.05, 4.69) is 0 Å². The molecule has 0 bridgehead atoms. The van der Waals surface area contributed by atoms with Crippen molar-refractivity contribution in [1.82, 2.24) is 0 Å². The standard InChI is InChI=1S/C11H14FNO4/c1-16-9-4-6(8(13)5-10(14)15)3-7(12)11(9)17-2/h3-4,8H,5,13H2,1-2H3,(H,14,15). The second-order valence-electron chi connectivity index (χ2n) is 3.44.